The smallest absolute Gasteiger partial charge is 0.191 e. The summed E-state index contributed by atoms with van der Waals surface area (Å²) >= 11 is 0. The molecule has 4 nitrogen and oxygen atoms in total. The second-order valence-corrected chi connectivity index (χ2v) is 5.83. The minimum absolute atomic E-state index is 0. The fourth-order valence-corrected chi connectivity index (χ4v) is 1.96. The molecule has 0 bridgehead atoms. The Balaban J connectivity index is 0.00000220. The van der Waals surface area contributed by atoms with Crippen LogP contribution in [0.2, 0.25) is 0 Å². The number of ether oxygens (including phenoxy) is 1. The van der Waals surface area contributed by atoms with Gasteiger partial charge in [0.15, 0.2) is 5.96 Å². The van der Waals surface area contributed by atoms with Gasteiger partial charge in [-0.15, -0.1) is 24.0 Å². The number of guanidine groups is 1. The molecule has 21 heavy (non-hydrogen) atoms. The number of rotatable bonds is 6. The van der Waals surface area contributed by atoms with E-state index in [9.17, 15) is 0 Å². The molecule has 1 aromatic rings. The molecule has 1 aliphatic carbocycles. The molecular weight excluding hydrogens is 377 g/mol. The Hall–Kier alpha value is -0.980. The van der Waals surface area contributed by atoms with Gasteiger partial charge in [-0.05, 0) is 24.8 Å². The first-order valence-corrected chi connectivity index (χ1v) is 7.31. The van der Waals surface area contributed by atoms with Gasteiger partial charge in [0.1, 0.15) is 5.75 Å². The van der Waals surface area contributed by atoms with Gasteiger partial charge in [-0.1, -0.05) is 32.0 Å². The maximum atomic E-state index is 6.01. The number of benzene rings is 1. The van der Waals surface area contributed by atoms with Crippen molar-refractivity contribution in [1.29, 1.82) is 0 Å². The van der Waals surface area contributed by atoms with Crippen molar-refractivity contribution in [2.24, 2.45) is 16.6 Å². The zero-order chi connectivity index (χ0) is 14.5. The number of hydrogen-bond donors (Lipinski definition) is 1. The predicted octanol–water partition coefficient (Wildman–Crippen LogP) is 3.25. The highest BCUT2D eigenvalue weighted by Gasteiger charge is 2.27. The van der Waals surface area contributed by atoms with Crippen molar-refractivity contribution in [2.75, 3.05) is 13.7 Å². The van der Waals surface area contributed by atoms with Gasteiger partial charge in [0.25, 0.3) is 0 Å². The van der Waals surface area contributed by atoms with Crippen molar-refractivity contribution in [2.45, 2.75) is 39.3 Å². The van der Waals surface area contributed by atoms with Crippen LogP contribution in [-0.2, 0) is 6.54 Å². The Morgan fingerprint density at radius 2 is 2.05 bits per heavy atom. The topological polar surface area (TPSA) is 50.9 Å². The highest BCUT2D eigenvalue weighted by molar-refractivity contribution is 14.0. The lowest BCUT2D eigenvalue weighted by molar-refractivity contribution is 0.268. The number of aliphatic imine (C=N–C) groups is 1. The minimum atomic E-state index is 0. The molecular formula is C16H26IN3O. The molecule has 0 aromatic heterocycles. The summed E-state index contributed by atoms with van der Waals surface area (Å²) in [4.78, 5) is 6.55. The van der Waals surface area contributed by atoms with Crippen LogP contribution in [0.4, 0.5) is 0 Å². The van der Waals surface area contributed by atoms with Crippen molar-refractivity contribution >= 4 is 29.9 Å². The average Bonchev–Trinajstić information content (AvgIpc) is 3.27. The Morgan fingerprint density at radius 1 is 1.38 bits per heavy atom. The Labute approximate surface area is 144 Å². The van der Waals surface area contributed by atoms with Crippen LogP contribution in [0.15, 0.2) is 29.3 Å². The van der Waals surface area contributed by atoms with Gasteiger partial charge in [-0.2, -0.15) is 0 Å². The van der Waals surface area contributed by atoms with Gasteiger partial charge in [0.2, 0.25) is 0 Å². The average molecular weight is 403 g/mol. The maximum absolute atomic E-state index is 6.01. The van der Waals surface area contributed by atoms with Gasteiger partial charge in [0.05, 0.1) is 13.2 Å². The molecule has 0 atom stereocenters. The second kappa shape index (κ2) is 8.46. The summed E-state index contributed by atoms with van der Waals surface area (Å²) in [6.45, 7) is 5.57. The SMILES string of the molecule is CC(C)COc1ccccc1CN=C(N)N(C)C1CC1.I. The summed E-state index contributed by atoms with van der Waals surface area (Å²) in [5.41, 5.74) is 7.10. The number of nitrogens with zero attached hydrogens (tertiary/aromatic N) is 2. The zero-order valence-corrected chi connectivity index (χ0v) is 15.4. The lowest BCUT2D eigenvalue weighted by Crippen LogP contribution is -2.35. The van der Waals surface area contributed by atoms with E-state index in [1.165, 1.54) is 12.8 Å². The molecule has 0 radical (unpaired) electrons. The number of para-hydroxylation sites is 1. The largest absolute Gasteiger partial charge is 0.493 e. The van der Waals surface area contributed by atoms with Crippen molar-refractivity contribution in [3.63, 3.8) is 0 Å². The van der Waals surface area contributed by atoms with Crippen LogP contribution in [-0.4, -0.2) is 30.6 Å². The molecule has 5 heteroatoms. The summed E-state index contributed by atoms with van der Waals surface area (Å²) in [6, 6.07) is 8.62. The maximum Gasteiger partial charge on any atom is 0.191 e. The molecule has 0 amide bonds. The van der Waals surface area contributed by atoms with Crippen molar-refractivity contribution < 1.29 is 4.74 Å². The van der Waals surface area contributed by atoms with Gasteiger partial charge in [-0.25, -0.2) is 4.99 Å². The highest BCUT2D eigenvalue weighted by atomic mass is 127. The summed E-state index contributed by atoms with van der Waals surface area (Å²) in [5.74, 6) is 2.04. The molecule has 0 spiro atoms. The van der Waals surface area contributed by atoms with E-state index in [1.807, 2.05) is 31.3 Å². The van der Waals surface area contributed by atoms with E-state index in [4.69, 9.17) is 10.5 Å². The lowest BCUT2D eigenvalue weighted by atomic mass is 10.2. The predicted molar refractivity (Wildman–Crippen MR) is 98.3 cm³/mol. The number of halogens is 1. The monoisotopic (exact) mass is 403 g/mol. The van der Waals surface area contributed by atoms with Crippen molar-refractivity contribution in [3.8, 4) is 5.75 Å². The molecule has 1 aromatic carbocycles. The number of hydrogen-bond acceptors (Lipinski definition) is 2. The van der Waals surface area contributed by atoms with Crippen LogP contribution in [0.25, 0.3) is 0 Å². The van der Waals surface area contributed by atoms with Gasteiger partial charge < -0.3 is 15.4 Å². The quantitative estimate of drug-likeness (QED) is 0.451. The summed E-state index contributed by atoms with van der Waals surface area (Å²) < 4.78 is 5.83. The highest BCUT2D eigenvalue weighted by Crippen LogP contribution is 2.25. The van der Waals surface area contributed by atoms with Crippen LogP contribution in [0, 0.1) is 5.92 Å². The fourth-order valence-electron chi connectivity index (χ4n) is 1.96. The lowest BCUT2D eigenvalue weighted by Gasteiger charge is -2.17. The van der Waals surface area contributed by atoms with Gasteiger partial charge in [-0.3, -0.25) is 0 Å². The zero-order valence-electron chi connectivity index (χ0n) is 13.1. The van der Waals surface area contributed by atoms with Gasteiger partial charge >= 0.3 is 0 Å². The molecule has 0 heterocycles. The Kier molecular flexibility index (Phi) is 7.28. The van der Waals surface area contributed by atoms with E-state index in [-0.39, 0.29) is 24.0 Å². The third-order valence-corrected chi connectivity index (χ3v) is 3.41. The van der Waals surface area contributed by atoms with E-state index in [0.29, 0.717) is 24.5 Å². The molecule has 0 unspecified atom stereocenters. The van der Waals surface area contributed by atoms with Crippen LogP contribution >= 0.6 is 24.0 Å². The third kappa shape index (κ3) is 5.73. The Bertz CT molecular complexity index is 472. The molecule has 0 aliphatic heterocycles. The molecule has 2 N–H and O–H groups in total. The molecule has 118 valence electrons. The molecule has 1 aliphatic rings. The third-order valence-electron chi connectivity index (χ3n) is 3.41. The normalized spacial score (nSPS) is 14.8. The van der Waals surface area contributed by atoms with E-state index in [2.05, 4.69) is 23.7 Å². The van der Waals surface area contributed by atoms with E-state index < -0.39 is 0 Å². The van der Waals surface area contributed by atoms with E-state index >= 15 is 0 Å². The minimum Gasteiger partial charge on any atom is -0.493 e. The Morgan fingerprint density at radius 3 is 2.67 bits per heavy atom. The summed E-state index contributed by atoms with van der Waals surface area (Å²) in [6.07, 6.45) is 2.45. The van der Waals surface area contributed by atoms with E-state index in [1.54, 1.807) is 0 Å². The van der Waals surface area contributed by atoms with Crippen molar-refractivity contribution in [3.05, 3.63) is 29.8 Å². The molecule has 2 rings (SSSR count). The van der Waals surface area contributed by atoms with Crippen LogP contribution in [0.5, 0.6) is 5.75 Å². The van der Waals surface area contributed by atoms with Crippen LogP contribution in [0.3, 0.4) is 0 Å². The second-order valence-electron chi connectivity index (χ2n) is 5.83. The first kappa shape index (κ1) is 18.1. The van der Waals surface area contributed by atoms with Crippen LogP contribution < -0.4 is 10.5 Å². The van der Waals surface area contributed by atoms with Gasteiger partial charge in [0, 0.05) is 18.7 Å². The summed E-state index contributed by atoms with van der Waals surface area (Å²) in [7, 11) is 2.01. The standard InChI is InChI=1S/C16H25N3O.HI/c1-12(2)11-20-15-7-5-4-6-13(15)10-18-16(17)19(3)14-8-9-14;/h4-7,12,14H,8-11H2,1-3H3,(H2,17,18);1H. The first-order valence-electron chi connectivity index (χ1n) is 7.31. The van der Waals surface area contributed by atoms with Crippen LogP contribution in [0.1, 0.15) is 32.3 Å². The summed E-state index contributed by atoms with van der Waals surface area (Å²) in [5, 5.41) is 0. The first-order chi connectivity index (χ1) is 9.58. The molecule has 0 saturated heterocycles. The molecule has 1 saturated carbocycles. The fraction of sp³-hybridized carbons (Fsp3) is 0.562. The molecule has 1 fully saturated rings. The number of nitrogens with two attached hydrogens (primary N) is 1. The van der Waals surface area contributed by atoms with Crippen molar-refractivity contribution in [1.82, 2.24) is 4.90 Å². The van der Waals surface area contributed by atoms with E-state index in [0.717, 1.165) is 17.9 Å².